The number of nitrogens with zero attached hydrogens (tertiary/aromatic N) is 2. The Morgan fingerprint density at radius 1 is 1.69 bits per heavy atom. The average molecular weight is 242 g/mol. The Bertz CT molecular complexity index is 339. The van der Waals surface area contributed by atoms with Crippen LogP contribution in [0, 0.1) is 6.92 Å². The third-order valence-electron chi connectivity index (χ3n) is 2.20. The van der Waals surface area contributed by atoms with Crippen molar-refractivity contribution in [2.24, 2.45) is 5.84 Å². The van der Waals surface area contributed by atoms with Crippen molar-refractivity contribution in [2.75, 3.05) is 13.6 Å². The number of nitrogens with one attached hydrogen (secondary N) is 1. The molecule has 16 heavy (non-hydrogen) atoms. The number of aryl methyl sites for hydroxylation is 1. The molecule has 6 heteroatoms. The molecule has 0 aliphatic carbocycles. The first-order chi connectivity index (χ1) is 7.61. The molecule has 1 rings (SSSR count). The number of thiazole rings is 1. The number of carbonyl (C=O) groups excluding carboxylic acids is 1. The van der Waals surface area contributed by atoms with Crippen molar-refractivity contribution in [3.8, 4) is 0 Å². The molecule has 0 atom stereocenters. The van der Waals surface area contributed by atoms with E-state index in [0.717, 1.165) is 30.2 Å². The first-order valence-corrected chi connectivity index (χ1v) is 6.08. The Kier molecular flexibility index (Phi) is 5.37. The minimum absolute atomic E-state index is 0.113. The zero-order valence-corrected chi connectivity index (χ0v) is 10.5. The molecule has 5 nitrogen and oxygen atoms in total. The molecular weight excluding hydrogens is 224 g/mol. The molecule has 1 amide bonds. The zero-order valence-electron chi connectivity index (χ0n) is 9.69. The zero-order chi connectivity index (χ0) is 12.0. The highest BCUT2D eigenvalue weighted by Gasteiger charge is 2.04. The summed E-state index contributed by atoms with van der Waals surface area (Å²) in [5, 5.41) is 3.16. The Labute approximate surface area is 99.6 Å². The van der Waals surface area contributed by atoms with Crippen LogP contribution in [0.15, 0.2) is 5.38 Å². The number of hydrazine groups is 1. The molecule has 0 fully saturated rings. The van der Waals surface area contributed by atoms with Crippen molar-refractivity contribution in [2.45, 2.75) is 26.3 Å². The van der Waals surface area contributed by atoms with Gasteiger partial charge in [-0.2, -0.15) is 0 Å². The quantitative estimate of drug-likeness (QED) is 0.436. The molecule has 0 unspecified atom stereocenters. The van der Waals surface area contributed by atoms with E-state index in [4.69, 9.17) is 5.84 Å². The number of amides is 1. The fourth-order valence-electron chi connectivity index (χ4n) is 1.42. The third kappa shape index (κ3) is 4.69. The molecule has 1 heterocycles. The van der Waals surface area contributed by atoms with Gasteiger partial charge in [0.25, 0.3) is 0 Å². The summed E-state index contributed by atoms with van der Waals surface area (Å²) in [6.45, 7) is 3.69. The highest BCUT2D eigenvalue weighted by molar-refractivity contribution is 7.09. The number of carbonyl (C=O) groups is 1. The number of nitrogens with two attached hydrogens (primary N) is 1. The maximum Gasteiger partial charge on any atom is 0.233 e. The Morgan fingerprint density at radius 2 is 2.44 bits per heavy atom. The summed E-state index contributed by atoms with van der Waals surface area (Å²) in [4.78, 5) is 17.4. The molecule has 0 aliphatic heterocycles. The standard InChI is InChI=1S/C10H18N4OS/c1-8-12-9(7-16-8)6-14(2)5-3-4-10(15)13-11/h7H,3-6,11H2,1-2H3,(H,13,15). The van der Waals surface area contributed by atoms with Crippen LogP contribution in [0.3, 0.4) is 0 Å². The lowest BCUT2D eigenvalue weighted by molar-refractivity contribution is -0.121. The van der Waals surface area contributed by atoms with Crippen LogP contribution in [0.2, 0.25) is 0 Å². The van der Waals surface area contributed by atoms with Crippen molar-refractivity contribution < 1.29 is 4.79 Å². The van der Waals surface area contributed by atoms with E-state index in [2.05, 4.69) is 20.7 Å². The molecule has 3 N–H and O–H groups in total. The van der Waals surface area contributed by atoms with Crippen LogP contribution in [0.5, 0.6) is 0 Å². The number of rotatable bonds is 6. The predicted molar refractivity (Wildman–Crippen MR) is 64.7 cm³/mol. The highest BCUT2D eigenvalue weighted by atomic mass is 32.1. The monoisotopic (exact) mass is 242 g/mol. The van der Waals surface area contributed by atoms with E-state index in [0.29, 0.717) is 6.42 Å². The van der Waals surface area contributed by atoms with Gasteiger partial charge in [-0.1, -0.05) is 0 Å². The van der Waals surface area contributed by atoms with Gasteiger partial charge in [0.2, 0.25) is 5.91 Å². The van der Waals surface area contributed by atoms with E-state index in [-0.39, 0.29) is 5.91 Å². The average Bonchev–Trinajstić information content (AvgIpc) is 2.63. The van der Waals surface area contributed by atoms with Crippen LogP contribution in [-0.4, -0.2) is 29.4 Å². The van der Waals surface area contributed by atoms with E-state index in [1.165, 1.54) is 0 Å². The summed E-state index contributed by atoms with van der Waals surface area (Å²) in [5.74, 6) is 4.88. The largest absolute Gasteiger partial charge is 0.300 e. The second-order valence-corrected chi connectivity index (χ2v) is 4.83. The van der Waals surface area contributed by atoms with Gasteiger partial charge in [0.1, 0.15) is 0 Å². The van der Waals surface area contributed by atoms with Gasteiger partial charge in [0.15, 0.2) is 0 Å². The van der Waals surface area contributed by atoms with E-state index in [1.807, 2.05) is 14.0 Å². The fourth-order valence-corrected chi connectivity index (χ4v) is 2.02. The normalized spacial score (nSPS) is 10.8. The van der Waals surface area contributed by atoms with Gasteiger partial charge in [-0.15, -0.1) is 11.3 Å². The second kappa shape index (κ2) is 6.57. The number of aromatic nitrogens is 1. The summed E-state index contributed by atoms with van der Waals surface area (Å²) in [5.41, 5.74) is 3.21. The molecule has 0 bridgehead atoms. The first-order valence-electron chi connectivity index (χ1n) is 5.21. The molecule has 90 valence electrons. The van der Waals surface area contributed by atoms with Gasteiger partial charge < -0.3 is 4.90 Å². The van der Waals surface area contributed by atoms with Gasteiger partial charge >= 0.3 is 0 Å². The number of hydrogen-bond donors (Lipinski definition) is 2. The topological polar surface area (TPSA) is 71.2 Å². The first kappa shape index (κ1) is 13.1. The van der Waals surface area contributed by atoms with E-state index < -0.39 is 0 Å². The molecule has 0 aromatic carbocycles. The molecule has 0 aliphatic rings. The van der Waals surface area contributed by atoms with Crippen LogP contribution < -0.4 is 11.3 Å². The minimum Gasteiger partial charge on any atom is -0.300 e. The van der Waals surface area contributed by atoms with Crippen molar-refractivity contribution in [1.82, 2.24) is 15.3 Å². The maximum absolute atomic E-state index is 10.9. The maximum atomic E-state index is 10.9. The lowest BCUT2D eigenvalue weighted by Crippen LogP contribution is -2.30. The van der Waals surface area contributed by atoms with Gasteiger partial charge in [0.05, 0.1) is 10.7 Å². The Balaban J connectivity index is 2.20. The van der Waals surface area contributed by atoms with Crippen molar-refractivity contribution in [3.05, 3.63) is 16.1 Å². The lowest BCUT2D eigenvalue weighted by Gasteiger charge is -2.14. The van der Waals surface area contributed by atoms with Crippen molar-refractivity contribution >= 4 is 17.2 Å². The molecule has 0 saturated heterocycles. The molecule has 0 radical (unpaired) electrons. The van der Waals surface area contributed by atoms with Crippen LogP contribution in [0.25, 0.3) is 0 Å². The van der Waals surface area contributed by atoms with E-state index >= 15 is 0 Å². The summed E-state index contributed by atoms with van der Waals surface area (Å²) in [6.07, 6.45) is 1.28. The number of hydrogen-bond acceptors (Lipinski definition) is 5. The van der Waals surface area contributed by atoms with Gasteiger partial charge in [-0.05, 0) is 26.9 Å². The third-order valence-corrected chi connectivity index (χ3v) is 3.03. The molecule has 0 saturated carbocycles. The van der Waals surface area contributed by atoms with Crippen LogP contribution in [0.1, 0.15) is 23.5 Å². The Morgan fingerprint density at radius 3 is 3.00 bits per heavy atom. The second-order valence-electron chi connectivity index (χ2n) is 3.77. The minimum atomic E-state index is -0.113. The smallest absolute Gasteiger partial charge is 0.233 e. The SMILES string of the molecule is Cc1nc(CN(C)CCCC(=O)NN)cs1. The van der Waals surface area contributed by atoms with Crippen LogP contribution in [0.4, 0.5) is 0 Å². The summed E-state index contributed by atoms with van der Waals surface area (Å²) in [7, 11) is 2.02. The van der Waals surface area contributed by atoms with Crippen molar-refractivity contribution in [3.63, 3.8) is 0 Å². The highest BCUT2D eigenvalue weighted by Crippen LogP contribution is 2.09. The summed E-state index contributed by atoms with van der Waals surface area (Å²) < 4.78 is 0. The molecular formula is C10H18N4OS. The van der Waals surface area contributed by atoms with Gasteiger partial charge in [-0.3, -0.25) is 10.2 Å². The molecule has 1 aromatic rings. The lowest BCUT2D eigenvalue weighted by atomic mass is 10.3. The fraction of sp³-hybridized carbons (Fsp3) is 0.600. The predicted octanol–water partition coefficient (Wildman–Crippen LogP) is 0.653. The summed E-state index contributed by atoms with van der Waals surface area (Å²) in [6, 6.07) is 0. The molecule has 0 spiro atoms. The van der Waals surface area contributed by atoms with Crippen molar-refractivity contribution in [1.29, 1.82) is 0 Å². The van der Waals surface area contributed by atoms with Gasteiger partial charge in [0, 0.05) is 18.3 Å². The van der Waals surface area contributed by atoms with Gasteiger partial charge in [-0.25, -0.2) is 10.8 Å². The summed E-state index contributed by atoms with van der Waals surface area (Å²) >= 11 is 1.66. The molecule has 1 aromatic heterocycles. The van der Waals surface area contributed by atoms with Crippen LogP contribution in [-0.2, 0) is 11.3 Å². The van der Waals surface area contributed by atoms with E-state index in [9.17, 15) is 4.79 Å². The van der Waals surface area contributed by atoms with E-state index in [1.54, 1.807) is 11.3 Å². The van der Waals surface area contributed by atoms with Crippen LogP contribution >= 0.6 is 11.3 Å². The Hall–Kier alpha value is -0.980.